The number of hydrogen-bond donors (Lipinski definition) is 0. The van der Waals surface area contributed by atoms with Crippen LogP contribution in [0.2, 0.25) is 0 Å². The van der Waals surface area contributed by atoms with Crippen LogP contribution in [-0.4, -0.2) is 21.9 Å². The molecule has 1 aromatic heterocycles. The predicted molar refractivity (Wildman–Crippen MR) is 87.9 cm³/mol. The molecule has 0 spiro atoms. The molecule has 0 aromatic carbocycles. The van der Waals surface area contributed by atoms with Gasteiger partial charge in [0.25, 0.3) is 0 Å². The summed E-state index contributed by atoms with van der Waals surface area (Å²) in [5.41, 5.74) is 5.20. The van der Waals surface area contributed by atoms with Gasteiger partial charge in [0, 0.05) is 0 Å². The third kappa shape index (κ3) is 4.93. The van der Waals surface area contributed by atoms with Crippen molar-refractivity contribution in [2.75, 3.05) is 13.2 Å². The smallest absolute Gasteiger partial charge is 0.307 e. The van der Waals surface area contributed by atoms with E-state index in [9.17, 15) is 0 Å². The van der Waals surface area contributed by atoms with Crippen molar-refractivity contribution < 1.29 is 9.16 Å². The molecule has 20 heavy (non-hydrogen) atoms. The van der Waals surface area contributed by atoms with Crippen LogP contribution in [0.3, 0.4) is 0 Å². The Hall–Kier alpha value is -0.833. The van der Waals surface area contributed by atoms with Crippen LogP contribution in [0.5, 0.6) is 5.36 Å². The molecule has 1 rings (SSSR count). The molecular formula is C17H30O2Si. The molecule has 0 unspecified atom stereocenters. The van der Waals surface area contributed by atoms with E-state index in [-0.39, 0.29) is 0 Å². The Morgan fingerprint density at radius 3 is 2.25 bits per heavy atom. The molecule has 0 aliphatic rings. The van der Waals surface area contributed by atoms with E-state index in [1.165, 1.54) is 48.6 Å². The molecule has 0 N–H and O–H groups in total. The predicted octanol–water partition coefficient (Wildman–Crippen LogP) is 4.24. The lowest BCUT2D eigenvalue weighted by molar-refractivity contribution is 0.331. The first-order chi connectivity index (χ1) is 9.78. The van der Waals surface area contributed by atoms with Gasteiger partial charge >= 0.3 is 8.64 Å². The van der Waals surface area contributed by atoms with Gasteiger partial charge in [0.2, 0.25) is 0 Å². The molecule has 0 saturated carbocycles. The van der Waals surface area contributed by atoms with Gasteiger partial charge in [-0.1, -0.05) is 32.8 Å². The minimum Gasteiger partial charge on any atom is -0.546 e. The fraction of sp³-hybridized carbons (Fsp3) is 0.706. The lowest BCUT2D eigenvalue weighted by Gasteiger charge is -2.18. The zero-order valence-electron chi connectivity index (χ0n) is 13.6. The van der Waals surface area contributed by atoms with Gasteiger partial charge in [-0.15, -0.1) is 0 Å². The second kappa shape index (κ2) is 9.98. The summed E-state index contributed by atoms with van der Waals surface area (Å²) in [6.07, 6.45) is 7.26. The normalized spacial score (nSPS) is 10.6. The highest BCUT2D eigenvalue weighted by atomic mass is 28.3. The Morgan fingerprint density at radius 2 is 1.65 bits per heavy atom. The third-order valence-electron chi connectivity index (χ3n) is 3.49. The van der Waals surface area contributed by atoms with Crippen LogP contribution in [0.15, 0.2) is 11.7 Å². The van der Waals surface area contributed by atoms with Crippen LogP contribution in [-0.2, 0) is 12.8 Å². The Labute approximate surface area is 126 Å². The molecule has 0 aliphatic carbocycles. The van der Waals surface area contributed by atoms with Gasteiger partial charge in [-0.3, -0.25) is 0 Å². The van der Waals surface area contributed by atoms with Gasteiger partial charge in [0.1, 0.15) is 5.36 Å². The topological polar surface area (TPSA) is 18.5 Å². The highest BCUT2D eigenvalue weighted by Crippen LogP contribution is 2.25. The molecule has 0 atom stereocenters. The molecule has 0 amide bonds. The van der Waals surface area contributed by atoms with E-state index in [1.807, 2.05) is 0 Å². The molecule has 0 radical (unpaired) electrons. The summed E-state index contributed by atoms with van der Waals surface area (Å²) in [5, 5.41) is 1.17. The number of hydrogen-bond acceptors (Lipinski definition) is 2. The lowest BCUT2D eigenvalue weighted by Crippen LogP contribution is -2.19. The first kappa shape index (κ1) is 17.2. The molecule has 114 valence electrons. The standard InChI is InChI=1S/C17H30O2Si/c1-5-9-11-15-13-14-20(19-8-4)17(18-7-3)16(15)12-10-6-2/h13-14H,5-12H2,1-4H3. The summed E-state index contributed by atoms with van der Waals surface area (Å²) in [6, 6.07) is 2.31. The summed E-state index contributed by atoms with van der Waals surface area (Å²) in [4.78, 5) is 0. The van der Waals surface area contributed by atoms with Crippen LogP contribution < -0.4 is 9.16 Å². The summed E-state index contributed by atoms with van der Waals surface area (Å²) < 4.78 is 11.9. The van der Waals surface area contributed by atoms with Gasteiger partial charge in [-0.2, -0.15) is 0 Å². The minimum absolute atomic E-state index is 0.737. The maximum atomic E-state index is 6.00. The van der Waals surface area contributed by atoms with Gasteiger partial charge in [0.15, 0.2) is 0 Å². The van der Waals surface area contributed by atoms with E-state index in [2.05, 4.69) is 39.4 Å². The maximum Gasteiger partial charge on any atom is 0.307 e. The van der Waals surface area contributed by atoms with Gasteiger partial charge in [-0.25, -0.2) is 0 Å². The number of unbranched alkanes of at least 4 members (excludes halogenated alkanes) is 2. The van der Waals surface area contributed by atoms with Crippen molar-refractivity contribution in [1.29, 1.82) is 0 Å². The van der Waals surface area contributed by atoms with Crippen LogP contribution >= 0.6 is 0 Å². The molecule has 0 saturated heterocycles. The fourth-order valence-corrected chi connectivity index (χ4v) is 4.36. The van der Waals surface area contributed by atoms with E-state index < -0.39 is 8.64 Å². The number of aryl methyl sites for hydroxylation is 1. The van der Waals surface area contributed by atoms with Crippen molar-refractivity contribution in [3.8, 4) is 5.36 Å². The SMILES string of the molecule is CCCCc1cc[si](OCC)c(OCC)c1CCCC. The highest BCUT2D eigenvalue weighted by Gasteiger charge is 2.16. The van der Waals surface area contributed by atoms with E-state index in [0.29, 0.717) is 0 Å². The average molecular weight is 295 g/mol. The van der Waals surface area contributed by atoms with Crippen LogP contribution in [0.25, 0.3) is 0 Å². The largest absolute Gasteiger partial charge is 0.546 e. The van der Waals surface area contributed by atoms with Crippen molar-refractivity contribution in [2.24, 2.45) is 0 Å². The van der Waals surface area contributed by atoms with Crippen molar-refractivity contribution in [1.82, 2.24) is 0 Å². The summed E-state index contributed by atoms with van der Waals surface area (Å²) >= 11 is 0. The number of rotatable bonds is 10. The van der Waals surface area contributed by atoms with E-state index in [1.54, 1.807) is 0 Å². The second-order valence-corrected chi connectivity index (χ2v) is 6.91. The molecule has 3 heteroatoms. The van der Waals surface area contributed by atoms with Crippen LogP contribution in [0.1, 0.15) is 64.5 Å². The Kier molecular flexibility index (Phi) is 8.59. The molecule has 2 nitrogen and oxygen atoms in total. The average Bonchev–Trinajstić information content (AvgIpc) is 2.46. The monoisotopic (exact) mass is 294 g/mol. The fourth-order valence-electron chi connectivity index (χ4n) is 2.45. The van der Waals surface area contributed by atoms with Gasteiger partial charge in [0.05, 0.1) is 13.2 Å². The Morgan fingerprint density at radius 1 is 0.950 bits per heavy atom. The number of ether oxygens (including phenoxy) is 1. The van der Waals surface area contributed by atoms with Crippen LogP contribution in [0, 0.1) is 0 Å². The summed E-state index contributed by atoms with van der Waals surface area (Å²) in [7, 11) is -1.08. The Balaban J connectivity index is 3.12. The summed E-state index contributed by atoms with van der Waals surface area (Å²) in [5.74, 6) is 0. The van der Waals surface area contributed by atoms with Gasteiger partial charge < -0.3 is 9.16 Å². The molecule has 1 heterocycles. The molecule has 0 aliphatic heterocycles. The third-order valence-corrected chi connectivity index (χ3v) is 5.45. The zero-order valence-corrected chi connectivity index (χ0v) is 14.6. The van der Waals surface area contributed by atoms with Crippen molar-refractivity contribution in [3.05, 3.63) is 22.9 Å². The Bertz CT molecular complexity index is 391. The van der Waals surface area contributed by atoms with E-state index >= 15 is 0 Å². The van der Waals surface area contributed by atoms with Crippen molar-refractivity contribution in [2.45, 2.75) is 66.2 Å². The molecule has 0 bridgehead atoms. The molecule has 0 fully saturated rings. The van der Waals surface area contributed by atoms with E-state index in [0.717, 1.165) is 19.6 Å². The highest BCUT2D eigenvalue weighted by molar-refractivity contribution is 6.50. The second-order valence-electron chi connectivity index (χ2n) is 5.10. The molecular weight excluding hydrogens is 264 g/mol. The van der Waals surface area contributed by atoms with Gasteiger partial charge in [-0.05, 0) is 56.3 Å². The van der Waals surface area contributed by atoms with E-state index in [4.69, 9.17) is 9.16 Å². The summed E-state index contributed by atoms with van der Waals surface area (Å²) in [6.45, 7) is 10.1. The first-order valence-corrected chi connectivity index (χ1v) is 9.67. The minimum atomic E-state index is -1.08. The van der Waals surface area contributed by atoms with Crippen molar-refractivity contribution >= 4 is 8.64 Å². The van der Waals surface area contributed by atoms with Crippen molar-refractivity contribution in [3.63, 3.8) is 0 Å². The lowest BCUT2D eigenvalue weighted by atomic mass is 10.0. The molecule has 1 aromatic rings. The zero-order chi connectivity index (χ0) is 14.8. The quantitative estimate of drug-likeness (QED) is 0.601. The first-order valence-electron chi connectivity index (χ1n) is 8.18. The van der Waals surface area contributed by atoms with Crippen LogP contribution in [0.4, 0.5) is 0 Å². The maximum absolute atomic E-state index is 6.00.